The fraction of sp³-hybridized carbons (Fsp3) is 0.842. The monoisotopic (exact) mass is 400 g/mol. The van der Waals surface area contributed by atoms with Crippen LogP contribution in [-0.4, -0.2) is 46.9 Å². The molecular weight excluding hydrogens is 368 g/mol. The number of imide groups is 1. The van der Waals surface area contributed by atoms with Gasteiger partial charge in [0.05, 0.1) is 5.54 Å². The van der Waals surface area contributed by atoms with Gasteiger partial charge in [-0.15, -0.1) is 12.4 Å². The first-order valence-corrected chi connectivity index (χ1v) is 9.76. The molecule has 1 heterocycles. The van der Waals surface area contributed by atoms with Crippen LogP contribution in [-0.2, 0) is 9.59 Å². The SMILES string of the molecule is CC1CC(C)(C)CC2(C1)NC(=O)N(CC(=O)NC1(CN)CCCC1)C2=O.Cl. The van der Waals surface area contributed by atoms with Crippen LogP contribution in [0.2, 0.25) is 0 Å². The van der Waals surface area contributed by atoms with Gasteiger partial charge in [-0.2, -0.15) is 0 Å². The van der Waals surface area contributed by atoms with Crippen molar-refractivity contribution >= 4 is 30.3 Å². The van der Waals surface area contributed by atoms with Crippen LogP contribution < -0.4 is 16.4 Å². The highest BCUT2D eigenvalue weighted by Gasteiger charge is 2.56. The molecule has 3 aliphatic rings. The van der Waals surface area contributed by atoms with Crippen molar-refractivity contribution in [3.05, 3.63) is 0 Å². The Balaban J connectivity index is 0.00000261. The molecule has 1 aliphatic heterocycles. The van der Waals surface area contributed by atoms with Crippen LogP contribution in [0.25, 0.3) is 0 Å². The van der Waals surface area contributed by atoms with Gasteiger partial charge in [-0.1, -0.05) is 33.6 Å². The van der Waals surface area contributed by atoms with E-state index in [-0.39, 0.29) is 41.7 Å². The molecule has 4 N–H and O–H groups in total. The average molecular weight is 401 g/mol. The quantitative estimate of drug-likeness (QED) is 0.627. The standard InChI is InChI=1S/C19H32N4O3.ClH/c1-13-8-17(2,3)11-19(9-13)15(25)23(16(26)22-19)10-14(24)21-18(12-20)6-4-5-7-18;/h13H,4-12,20H2,1-3H3,(H,21,24)(H,22,26);1H. The number of carbonyl (C=O) groups is 3. The van der Waals surface area contributed by atoms with Crippen molar-refractivity contribution in [1.29, 1.82) is 0 Å². The molecule has 0 radical (unpaired) electrons. The Bertz CT molecular complexity index is 618. The first-order valence-electron chi connectivity index (χ1n) is 9.76. The highest BCUT2D eigenvalue weighted by atomic mass is 35.5. The molecule has 0 aromatic carbocycles. The topological polar surface area (TPSA) is 105 Å². The minimum Gasteiger partial charge on any atom is -0.348 e. The maximum Gasteiger partial charge on any atom is 0.325 e. The minimum absolute atomic E-state index is 0. The predicted octanol–water partition coefficient (Wildman–Crippen LogP) is 1.93. The van der Waals surface area contributed by atoms with Crippen molar-refractivity contribution in [1.82, 2.24) is 15.5 Å². The van der Waals surface area contributed by atoms with Crippen LogP contribution in [0.1, 0.15) is 65.7 Å². The average Bonchev–Trinajstić information content (AvgIpc) is 3.05. The Morgan fingerprint density at radius 3 is 2.44 bits per heavy atom. The molecule has 4 amide bonds. The van der Waals surface area contributed by atoms with Crippen LogP contribution in [0.3, 0.4) is 0 Å². The van der Waals surface area contributed by atoms with Crippen LogP contribution in [0.5, 0.6) is 0 Å². The number of urea groups is 1. The zero-order valence-electron chi connectivity index (χ0n) is 16.6. The Morgan fingerprint density at radius 1 is 1.26 bits per heavy atom. The summed E-state index contributed by atoms with van der Waals surface area (Å²) in [5.74, 6) is -0.220. The molecular formula is C19H33ClN4O3. The summed E-state index contributed by atoms with van der Waals surface area (Å²) in [6.07, 6.45) is 6.05. The van der Waals surface area contributed by atoms with E-state index in [1.807, 2.05) is 0 Å². The third-order valence-electron chi connectivity index (χ3n) is 6.28. The number of halogens is 1. The molecule has 2 unspecified atom stereocenters. The van der Waals surface area contributed by atoms with E-state index < -0.39 is 11.6 Å². The van der Waals surface area contributed by atoms with Crippen molar-refractivity contribution in [3.63, 3.8) is 0 Å². The van der Waals surface area contributed by atoms with E-state index in [9.17, 15) is 14.4 Å². The summed E-state index contributed by atoms with van der Waals surface area (Å²) in [6.45, 7) is 6.52. The highest BCUT2D eigenvalue weighted by Crippen LogP contribution is 2.46. The van der Waals surface area contributed by atoms with Gasteiger partial charge in [-0.25, -0.2) is 4.79 Å². The minimum atomic E-state index is -0.864. The number of rotatable bonds is 4. The summed E-state index contributed by atoms with van der Waals surface area (Å²) in [7, 11) is 0. The van der Waals surface area contributed by atoms with Crippen molar-refractivity contribution in [3.8, 4) is 0 Å². The Hall–Kier alpha value is -1.34. The van der Waals surface area contributed by atoms with E-state index in [4.69, 9.17) is 5.73 Å². The molecule has 2 saturated carbocycles. The second-order valence-corrected chi connectivity index (χ2v) is 9.50. The summed E-state index contributed by atoms with van der Waals surface area (Å²) < 4.78 is 0. The largest absolute Gasteiger partial charge is 0.348 e. The number of hydrogen-bond donors (Lipinski definition) is 3. The zero-order chi connectivity index (χ0) is 19.2. The third kappa shape index (κ3) is 4.24. The summed E-state index contributed by atoms with van der Waals surface area (Å²) in [5.41, 5.74) is 4.60. The lowest BCUT2D eigenvalue weighted by molar-refractivity contribution is -0.138. The highest BCUT2D eigenvalue weighted by molar-refractivity contribution is 6.09. The fourth-order valence-electron chi connectivity index (χ4n) is 5.56. The van der Waals surface area contributed by atoms with Crippen LogP contribution in [0.4, 0.5) is 4.79 Å². The van der Waals surface area contributed by atoms with Crippen molar-refractivity contribution in [2.45, 2.75) is 76.8 Å². The third-order valence-corrected chi connectivity index (χ3v) is 6.28. The van der Waals surface area contributed by atoms with Crippen LogP contribution in [0.15, 0.2) is 0 Å². The molecule has 0 aromatic rings. The van der Waals surface area contributed by atoms with Crippen molar-refractivity contribution in [2.75, 3.05) is 13.1 Å². The molecule has 3 rings (SSSR count). The van der Waals surface area contributed by atoms with E-state index >= 15 is 0 Å². The lowest BCUT2D eigenvalue weighted by atomic mass is 9.64. The molecule has 154 valence electrons. The second-order valence-electron chi connectivity index (χ2n) is 9.50. The van der Waals surface area contributed by atoms with Gasteiger partial charge in [0.2, 0.25) is 5.91 Å². The molecule has 2 atom stereocenters. The Morgan fingerprint density at radius 2 is 1.89 bits per heavy atom. The number of nitrogens with zero attached hydrogens (tertiary/aromatic N) is 1. The van der Waals surface area contributed by atoms with E-state index in [0.29, 0.717) is 25.3 Å². The van der Waals surface area contributed by atoms with Gasteiger partial charge in [0.15, 0.2) is 0 Å². The Labute approximate surface area is 167 Å². The van der Waals surface area contributed by atoms with E-state index in [1.165, 1.54) is 0 Å². The first kappa shape index (κ1) is 22.0. The maximum absolute atomic E-state index is 13.1. The molecule has 0 bridgehead atoms. The molecule has 1 saturated heterocycles. The van der Waals surface area contributed by atoms with Gasteiger partial charge in [-0.05, 0) is 43.4 Å². The number of amides is 4. The lowest BCUT2D eigenvalue weighted by Gasteiger charge is -2.43. The van der Waals surface area contributed by atoms with E-state index in [0.717, 1.165) is 37.0 Å². The smallest absolute Gasteiger partial charge is 0.325 e. The van der Waals surface area contributed by atoms with Gasteiger partial charge in [0.25, 0.3) is 5.91 Å². The van der Waals surface area contributed by atoms with Gasteiger partial charge in [0.1, 0.15) is 12.1 Å². The van der Waals surface area contributed by atoms with Gasteiger partial charge in [0, 0.05) is 6.54 Å². The second kappa shape index (κ2) is 7.59. The predicted molar refractivity (Wildman–Crippen MR) is 105 cm³/mol. The van der Waals surface area contributed by atoms with Crippen molar-refractivity contribution < 1.29 is 14.4 Å². The number of nitrogens with two attached hydrogens (primary N) is 1. The van der Waals surface area contributed by atoms with Crippen LogP contribution >= 0.6 is 12.4 Å². The first-order chi connectivity index (χ1) is 12.1. The number of nitrogens with one attached hydrogen (secondary N) is 2. The summed E-state index contributed by atoms with van der Waals surface area (Å²) in [6, 6.07) is -0.455. The summed E-state index contributed by atoms with van der Waals surface area (Å²) in [4.78, 5) is 39.2. The molecule has 27 heavy (non-hydrogen) atoms. The Kier molecular flexibility index (Phi) is 6.17. The van der Waals surface area contributed by atoms with Gasteiger partial charge in [-0.3, -0.25) is 14.5 Å². The van der Waals surface area contributed by atoms with Crippen LogP contribution in [0, 0.1) is 11.3 Å². The van der Waals surface area contributed by atoms with Crippen molar-refractivity contribution in [2.24, 2.45) is 17.1 Å². The summed E-state index contributed by atoms with van der Waals surface area (Å²) in [5, 5.41) is 5.90. The normalized spacial score (nSPS) is 31.6. The van der Waals surface area contributed by atoms with Gasteiger partial charge >= 0.3 is 6.03 Å². The molecule has 3 fully saturated rings. The summed E-state index contributed by atoms with van der Waals surface area (Å²) >= 11 is 0. The maximum atomic E-state index is 13.1. The molecule has 2 aliphatic carbocycles. The molecule has 0 aromatic heterocycles. The fourth-order valence-corrected chi connectivity index (χ4v) is 5.56. The number of carbonyl (C=O) groups excluding carboxylic acids is 3. The number of hydrogen-bond acceptors (Lipinski definition) is 4. The van der Waals surface area contributed by atoms with E-state index in [2.05, 4.69) is 31.4 Å². The molecule has 7 nitrogen and oxygen atoms in total. The zero-order valence-corrected chi connectivity index (χ0v) is 17.4. The lowest BCUT2D eigenvalue weighted by Crippen LogP contribution is -2.56. The molecule has 1 spiro atoms. The van der Waals surface area contributed by atoms with E-state index in [1.54, 1.807) is 0 Å². The molecule has 8 heteroatoms. The van der Waals surface area contributed by atoms with Gasteiger partial charge < -0.3 is 16.4 Å².